The van der Waals surface area contributed by atoms with Crippen molar-refractivity contribution in [3.05, 3.63) is 34.2 Å². The fourth-order valence-electron chi connectivity index (χ4n) is 2.25. The van der Waals surface area contributed by atoms with E-state index in [1.54, 1.807) is 6.07 Å². The van der Waals surface area contributed by atoms with Crippen molar-refractivity contribution in [2.24, 2.45) is 0 Å². The molecule has 2 aromatic rings. The van der Waals surface area contributed by atoms with Crippen molar-refractivity contribution >= 4 is 29.0 Å². The van der Waals surface area contributed by atoms with Crippen LogP contribution in [0.15, 0.2) is 18.5 Å². The maximum absolute atomic E-state index is 10.6. The van der Waals surface area contributed by atoms with Crippen molar-refractivity contribution in [2.75, 3.05) is 18.0 Å². The predicted octanol–water partition coefficient (Wildman–Crippen LogP) is 1.60. The topological polar surface area (TPSA) is 77.9 Å². The van der Waals surface area contributed by atoms with E-state index in [1.807, 2.05) is 4.90 Å². The minimum Gasteiger partial charge on any atom is -0.381 e. The Morgan fingerprint density at radius 1 is 1.37 bits per heavy atom. The Kier molecular flexibility index (Phi) is 3.08. The number of hydrogen-bond acceptors (Lipinski definition) is 5. The molecule has 0 amide bonds. The van der Waals surface area contributed by atoms with Crippen molar-refractivity contribution < 1.29 is 5.11 Å². The molecule has 0 aliphatic carbocycles. The predicted molar refractivity (Wildman–Crippen MR) is 71.4 cm³/mol. The number of β-amino-alcohol motifs (C(OH)–C–C–N with tert-alkyl or cyclic N) is 1. The summed E-state index contributed by atoms with van der Waals surface area (Å²) >= 11 is 11.9. The molecule has 0 unspecified atom stereocenters. The third kappa shape index (κ3) is 2.27. The zero-order valence-corrected chi connectivity index (χ0v) is 11.4. The number of nitrogens with one attached hydrogen (secondary N) is 1. The minimum absolute atomic E-state index is 0.369. The van der Waals surface area contributed by atoms with E-state index in [1.165, 1.54) is 12.4 Å². The largest absolute Gasteiger partial charge is 0.381 e. The van der Waals surface area contributed by atoms with Gasteiger partial charge >= 0.3 is 0 Å². The van der Waals surface area contributed by atoms with Gasteiger partial charge in [-0.15, -0.1) is 0 Å². The van der Waals surface area contributed by atoms with Crippen LogP contribution >= 0.6 is 23.2 Å². The second-order valence-corrected chi connectivity index (χ2v) is 5.36. The molecule has 1 fully saturated rings. The van der Waals surface area contributed by atoms with Crippen LogP contribution in [0.1, 0.15) is 12.1 Å². The zero-order chi connectivity index (χ0) is 13.5. The summed E-state index contributed by atoms with van der Waals surface area (Å²) in [4.78, 5) is 6.12. The van der Waals surface area contributed by atoms with Gasteiger partial charge in [-0.3, -0.25) is 0 Å². The summed E-state index contributed by atoms with van der Waals surface area (Å²) in [5.74, 6) is 0.616. The highest BCUT2D eigenvalue weighted by atomic mass is 35.5. The number of halogens is 2. The lowest BCUT2D eigenvalue weighted by molar-refractivity contribution is 0.0559. The van der Waals surface area contributed by atoms with Crippen LogP contribution in [0.3, 0.4) is 0 Å². The van der Waals surface area contributed by atoms with Gasteiger partial charge in [-0.25, -0.2) is 4.98 Å². The van der Waals surface area contributed by atoms with Crippen LogP contribution in [0.2, 0.25) is 10.0 Å². The molecular weight excluding hydrogens is 289 g/mol. The summed E-state index contributed by atoms with van der Waals surface area (Å²) in [6, 6.07) is 1.64. The van der Waals surface area contributed by atoms with Gasteiger partial charge in [0.1, 0.15) is 17.1 Å². The lowest BCUT2D eigenvalue weighted by atomic mass is 10.0. The molecule has 3 rings (SSSR count). The molecule has 0 saturated carbocycles. The van der Waals surface area contributed by atoms with E-state index in [4.69, 9.17) is 23.2 Å². The Bertz CT molecular complexity index is 591. The van der Waals surface area contributed by atoms with E-state index < -0.39 is 5.60 Å². The third-order valence-corrected chi connectivity index (χ3v) is 3.71. The Morgan fingerprint density at radius 3 is 2.89 bits per heavy atom. The van der Waals surface area contributed by atoms with Crippen LogP contribution in [-0.2, 0) is 5.60 Å². The van der Waals surface area contributed by atoms with Crippen molar-refractivity contribution in [2.45, 2.75) is 12.0 Å². The van der Waals surface area contributed by atoms with E-state index in [0.717, 1.165) is 0 Å². The molecule has 100 valence electrons. The van der Waals surface area contributed by atoms with E-state index in [-0.39, 0.29) is 0 Å². The highest BCUT2D eigenvalue weighted by molar-refractivity contribution is 6.36. The summed E-state index contributed by atoms with van der Waals surface area (Å²) in [6.45, 7) is 1.01. The Hall–Kier alpha value is -1.37. The molecule has 1 aliphatic heterocycles. The highest BCUT2D eigenvalue weighted by Crippen LogP contribution is 2.35. The first-order valence-corrected chi connectivity index (χ1v) is 6.49. The highest BCUT2D eigenvalue weighted by Gasteiger charge is 2.40. The van der Waals surface area contributed by atoms with Gasteiger partial charge in [0.2, 0.25) is 0 Å². The summed E-state index contributed by atoms with van der Waals surface area (Å²) in [7, 11) is 0. The first-order valence-electron chi connectivity index (χ1n) is 5.73. The molecule has 0 bridgehead atoms. The number of aromatic nitrogens is 4. The van der Waals surface area contributed by atoms with Gasteiger partial charge in [-0.05, 0) is 6.07 Å². The van der Waals surface area contributed by atoms with Crippen LogP contribution < -0.4 is 4.90 Å². The number of aliphatic hydroxyl groups is 1. The molecule has 2 aromatic heterocycles. The van der Waals surface area contributed by atoms with Crippen LogP contribution in [0.5, 0.6) is 0 Å². The first-order chi connectivity index (χ1) is 9.08. The van der Waals surface area contributed by atoms with Gasteiger partial charge in [0.25, 0.3) is 0 Å². The molecule has 0 spiro atoms. The van der Waals surface area contributed by atoms with E-state index in [2.05, 4.69) is 20.4 Å². The van der Waals surface area contributed by atoms with E-state index >= 15 is 0 Å². The lowest BCUT2D eigenvalue weighted by Crippen LogP contribution is -2.31. The number of rotatable bonds is 2. The van der Waals surface area contributed by atoms with Crippen LogP contribution in [0.25, 0.3) is 0 Å². The minimum atomic E-state index is -1.03. The Morgan fingerprint density at radius 2 is 2.21 bits per heavy atom. The fourth-order valence-corrected chi connectivity index (χ4v) is 2.75. The number of pyridine rings is 1. The summed E-state index contributed by atoms with van der Waals surface area (Å²) in [6.07, 6.45) is 3.61. The number of aromatic amines is 1. The van der Waals surface area contributed by atoms with Crippen molar-refractivity contribution in [3.63, 3.8) is 0 Å². The van der Waals surface area contributed by atoms with Gasteiger partial charge in [0.05, 0.1) is 22.8 Å². The molecule has 1 atom stereocenters. The molecule has 3 heterocycles. The quantitative estimate of drug-likeness (QED) is 0.881. The average molecular weight is 300 g/mol. The normalized spacial score (nSPS) is 23.0. The van der Waals surface area contributed by atoms with E-state index in [0.29, 0.717) is 41.1 Å². The van der Waals surface area contributed by atoms with Gasteiger partial charge in [0, 0.05) is 19.2 Å². The zero-order valence-electron chi connectivity index (χ0n) is 9.85. The summed E-state index contributed by atoms with van der Waals surface area (Å²) < 4.78 is 0. The monoisotopic (exact) mass is 299 g/mol. The smallest absolute Gasteiger partial charge is 0.147 e. The van der Waals surface area contributed by atoms with Crippen molar-refractivity contribution in [1.29, 1.82) is 0 Å². The van der Waals surface area contributed by atoms with Crippen molar-refractivity contribution in [3.8, 4) is 0 Å². The standard InChI is InChI=1S/C11H11Cl2N5O/c12-7-3-8(13)10(14-4-7)18-2-1-11(19,6-18)9-5-15-17-16-9/h3-5,19H,1-2,6H2,(H,15,16,17)/t11-/m0/s1. The number of H-pyrrole nitrogens is 1. The first kappa shape index (κ1) is 12.7. The van der Waals surface area contributed by atoms with Crippen LogP contribution in [0, 0.1) is 0 Å². The average Bonchev–Trinajstić information content (AvgIpc) is 2.99. The number of nitrogens with zero attached hydrogens (tertiary/aromatic N) is 4. The maximum Gasteiger partial charge on any atom is 0.147 e. The van der Waals surface area contributed by atoms with Gasteiger partial charge in [-0.2, -0.15) is 15.4 Å². The maximum atomic E-state index is 10.6. The molecule has 0 aromatic carbocycles. The second kappa shape index (κ2) is 4.63. The molecule has 8 heteroatoms. The fraction of sp³-hybridized carbons (Fsp3) is 0.364. The third-order valence-electron chi connectivity index (χ3n) is 3.23. The molecule has 0 radical (unpaired) electrons. The summed E-state index contributed by atoms with van der Waals surface area (Å²) in [5.41, 5.74) is -0.502. The van der Waals surface area contributed by atoms with Crippen molar-refractivity contribution in [1.82, 2.24) is 20.4 Å². The Balaban J connectivity index is 1.86. The van der Waals surface area contributed by atoms with Crippen LogP contribution in [0.4, 0.5) is 5.82 Å². The Labute approximate surface area is 119 Å². The molecule has 6 nitrogen and oxygen atoms in total. The molecule has 2 N–H and O–H groups in total. The molecular formula is C11H11Cl2N5O. The van der Waals surface area contributed by atoms with E-state index in [9.17, 15) is 5.11 Å². The number of hydrogen-bond donors (Lipinski definition) is 2. The summed E-state index contributed by atoms with van der Waals surface area (Å²) in [5, 5.41) is 21.7. The van der Waals surface area contributed by atoms with Gasteiger partial charge in [0.15, 0.2) is 0 Å². The second-order valence-electron chi connectivity index (χ2n) is 4.52. The van der Waals surface area contributed by atoms with Crippen LogP contribution in [-0.4, -0.2) is 38.6 Å². The van der Waals surface area contributed by atoms with Gasteiger partial charge < -0.3 is 10.0 Å². The molecule has 1 saturated heterocycles. The SMILES string of the molecule is O[C@@]1(c2cn[nH]n2)CCN(c2ncc(Cl)cc2Cl)C1. The molecule has 1 aliphatic rings. The van der Waals surface area contributed by atoms with Gasteiger partial charge in [-0.1, -0.05) is 23.2 Å². The number of anilines is 1. The lowest BCUT2D eigenvalue weighted by Gasteiger charge is -2.22. The molecule has 19 heavy (non-hydrogen) atoms.